The van der Waals surface area contributed by atoms with Crippen LogP contribution in [0.1, 0.15) is 21.6 Å². The lowest BCUT2D eigenvalue weighted by atomic mass is 10.2. The van der Waals surface area contributed by atoms with Gasteiger partial charge in [-0.25, -0.2) is 4.98 Å². The van der Waals surface area contributed by atoms with Crippen LogP contribution in [0, 0.1) is 13.8 Å². The lowest BCUT2D eigenvalue weighted by molar-refractivity contribution is 0.102. The Morgan fingerprint density at radius 3 is 2.43 bits per heavy atom. The van der Waals surface area contributed by atoms with Gasteiger partial charge in [0.2, 0.25) is 5.13 Å². The van der Waals surface area contributed by atoms with Crippen LogP contribution in [-0.4, -0.2) is 34.9 Å². The van der Waals surface area contributed by atoms with E-state index in [0.29, 0.717) is 33.0 Å². The number of nitrogens with zero attached hydrogens (tertiary/aromatic N) is 3. The van der Waals surface area contributed by atoms with Crippen LogP contribution in [0.3, 0.4) is 0 Å². The van der Waals surface area contributed by atoms with Crippen LogP contribution in [0.5, 0.6) is 11.5 Å². The third-order valence-electron chi connectivity index (χ3n) is 4.55. The smallest absolute Gasteiger partial charge is 0.257 e. The highest BCUT2D eigenvalue weighted by molar-refractivity contribution is 7.21. The number of carbonyl (C=O) groups excluding carboxylic acids is 1. The molecule has 0 aliphatic rings. The third-order valence-corrected chi connectivity index (χ3v) is 6.05. The van der Waals surface area contributed by atoms with Crippen molar-refractivity contribution in [1.29, 1.82) is 0 Å². The zero-order valence-electron chi connectivity index (χ0n) is 16.8. The first-order valence-electron chi connectivity index (χ1n) is 9.06. The molecule has 154 valence electrons. The van der Waals surface area contributed by atoms with E-state index in [1.54, 1.807) is 28.9 Å². The Labute approximate surface area is 182 Å². The fourth-order valence-electron chi connectivity index (χ4n) is 3.04. The second-order valence-corrected chi connectivity index (χ2v) is 8.06. The van der Waals surface area contributed by atoms with E-state index >= 15 is 0 Å². The fraction of sp³-hybridized carbons (Fsp3) is 0.190. The van der Waals surface area contributed by atoms with Gasteiger partial charge in [-0.3, -0.25) is 4.79 Å². The number of thiazole rings is 1. The summed E-state index contributed by atoms with van der Waals surface area (Å²) < 4.78 is 13.0. The quantitative estimate of drug-likeness (QED) is 0.469. The monoisotopic (exact) mass is 442 g/mol. The SMILES string of the molecule is COc1cc(OC)cc(C(=O)Nc2cc(C)nn2-c2nc3c(C)ccc(Cl)c3s2)c1. The predicted molar refractivity (Wildman–Crippen MR) is 119 cm³/mol. The van der Waals surface area contributed by atoms with E-state index in [1.165, 1.54) is 25.6 Å². The van der Waals surface area contributed by atoms with E-state index in [-0.39, 0.29) is 5.91 Å². The van der Waals surface area contributed by atoms with E-state index < -0.39 is 0 Å². The van der Waals surface area contributed by atoms with E-state index in [0.717, 1.165) is 21.5 Å². The van der Waals surface area contributed by atoms with Crippen LogP contribution in [0.15, 0.2) is 36.4 Å². The molecule has 0 saturated heterocycles. The highest BCUT2D eigenvalue weighted by atomic mass is 35.5. The summed E-state index contributed by atoms with van der Waals surface area (Å²) in [4.78, 5) is 17.6. The predicted octanol–water partition coefficient (Wildman–Crippen LogP) is 5.02. The minimum absolute atomic E-state index is 0.316. The van der Waals surface area contributed by atoms with Crippen molar-refractivity contribution in [3.8, 4) is 16.6 Å². The summed E-state index contributed by atoms with van der Waals surface area (Å²) in [5.74, 6) is 1.25. The lowest BCUT2D eigenvalue weighted by Gasteiger charge is -2.09. The highest BCUT2D eigenvalue weighted by Crippen LogP contribution is 2.34. The number of hydrogen-bond donors (Lipinski definition) is 1. The summed E-state index contributed by atoms with van der Waals surface area (Å²) in [5.41, 5.74) is 3.00. The van der Waals surface area contributed by atoms with Gasteiger partial charge in [-0.15, -0.1) is 0 Å². The molecule has 1 amide bonds. The number of methoxy groups -OCH3 is 2. The van der Waals surface area contributed by atoms with Gasteiger partial charge in [-0.2, -0.15) is 9.78 Å². The zero-order valence-corrected chi connectivity index (χ0v) is 18.4. The molecule has 30 heavy (non-hydrogen) atoms. The van der Waals surface area contributed by atoms with Crippen molar-refractivity contribution in [3.05, 3.63) is 58.2 Å². The molecular formula is C21H19ClN4O3S. The first kappa shape index (κ1) is 20.2. The van der Waals surface area contributed by atoms with Gasteiger partial charge < -0.3 is 14.8 Å². The van der Waals surface area contributed by atoms with Gasteiger partial charge in [-0.1, -0.05) is 29.0 Å². The average Bonchev–Trinajstić information content (AvgIpc) is 3.34. The minimum Gasteiger partial charge on any atom is -0.497 e. The zero-order chi connectivity index (χ0) is 21.4. The fourth-order valence-corrected chi connectivity index (χ4v) is 4.32. The average molecular weight is 443 g/mol. The first-order valence-corrected chi connectivity index (χ1v) is 10.3. The van der Waals surface area contributed by atoms with E-state index in [2.05, 4.69) is 10.4 Å². The molecule has 0 fully saturated rings. The second-order valence-electron chi connectivity index (χ2n) is 6.68. The topological polar surface area (TPSA) is 78.3 Å². The summed E-state index contributed by atoms with van der Waals surface area (Å²) in [6.07, 6.45) is 0. The van der Waals surface area contributed by atoms with Crippen LogP contribution in [-0.2, 0) is 0 Å². The third kappa shape index (κ3) is 3.71. The van der Waals surface area contributed by atoms with E-state index in [1.807, 2.05) is 26.0 Å². The Morgan fingerprint density at radius 1 is 1.10 bits per heavy atom. The lowest BCUT2D eigenvalue weighted by Crippen LogP contribution is -2.15. The van der Waals surface area contributed by atoms with Crippen molar-refractivity contribution in [2.24, 2.45) is 0 Å². The maximum absolute atomic E-state index is 12.9. The van der Waals surface area contributed by atoms with Crippen LogP contribution in [0.4, 0.5) is 5.82 Å². The molecule has 9 heteroatoms. The highest BCUT2D eigenvalue weighted by Gasteiger charge is 2.18. The molecule has 0 aliphatic heterocycles. The summed E-state index contributed by atoms with van der Waals surface area (Å²) in [6.45, 7) is 3.83. The summed E-state index contributed by atoms with van der Waals surface area (Å²) in [7, 11) is 3.07. The van der Waals surface area contributed by atoms with Gasteiger partial charge in [0, 0.05) is 17.7 Å². The Kier molecular flexibility index (Phi) is 5.36. The normalized spacial score (nSPS) is 11.0. The molecule has 2 heterocycles. The molecule has 2 aromatic carbocycles. The first-order chi connectivity index (χ1) is 14.4. The Bertz CT molecular complexity index is 1200. The number of halogens is 1. The van der Waals surface area contributed by atoms with Crippen molar-refractivity contribution in [1.82, 2.24) is 14.8 Å². The van der Waals surface area contributed by atoms with Crippen molar-refractivity contribution in [2.45, 2.75) is 13.8 Å². The maximum atomic E-state index is 12.9. The Morgan fingerprint density at radius 2 is 1.80 bits per heavy atom. The largest absolute Gasteiger partial charge is 0.497 e. The van der Waals surface area contributed by atoms with E-state index in [9.17, 15) is 4.79 Å². The molecule has 1 N–H and O–H groups in total. The van der Waals surface area contributed by atoms with Crippen molar-refractivity contribution in [2.75, 3.05) is 19.5 Å². The van der Waals surface area contributed by atoms with Crippen LogP contribution in [0.2, 0.25) is 5.02 Å². The molecule has 0 saturated carbocycles. The van der Waals surface area contributed by atoms with Gasteiger partial charge in [0.25, 0.3) is 5.91 Å². The molecule has 0 bridgehead atoms. The molecule has 4 rings (SSSR count). The number of hydrogen-bond acceptors (Lipinski definition) is 6. The number of amides is 1. The van der Waals surface area contributed by atoms with Gasteiger partial charge in [0.15, 0.2) is 0 Å². The van der Waals surface area contributed by atoms with Gasteiger partial charge in [0.1, 0.15) is 17.3 Å². The molecule has 0 aliphatic carbocycles. The minimum atomic E-state index is -0.316. The summed E-state index contributed by atoms with van der Waals surface area (Å²) >= 11 is 7.76. The van der Waals surface area contributed by atoms with Crippen molar-refractivity contribution in [3.63, 3.8) is 0 Å². The number of nitrogens with one attached hydrogen (secondary N) is 1. The maximum Gasteiger partial charge on any atom is 0.257 e. The molecule has 0 unspecified atom stereocenters. The second kappa shape index (κ2) is 7.97. The van der Waals surface area contributed by atoms with Crippen LogP contribution in [0.25, 0.3) is 15.3 Å². The number of fused-ring (bicyclic) bond motifs is 1. The van der Waals surface area contributed by atoms with Crippen LogP contribution < -0.4 is 14.8 Å². The van der Waals surface area contributed by atoms with Gasteiger partial charge in [-0.05, 0) is 37.6 Å². The van der Waals surface area contributed by atoms with E-state index in [4.69, 9.17) is 26.1 Å². The molecule has 0 radical (unpaired) electrons. The Hall–Kier alpha value is -3.10. The molecule has 2 aromatic heterocycles. The Balaban J connectivity index is 1.72. The number of anilines is 1. The molecule has 0 atom stereocenters. The number of carbonyl (C=O) groups is 1. The summed E-state index contributed by atoms with van der Waals surface area (Å²) in [5, 5.41) is 8.67. The number of rotatable bonds is 5. The number of benzene rings is 2. The van der Waals surface area contributed by atoms with Crippen LogP contribution >= 0.6 is 22.9 Å². The standard InChI is InChI=1S/C21H19ClN4O3S/c1-11-5-6-16(22)19-18(11)24-21(30-19)26-17(7-12(2)25-26)23-20(27)13-8-14(28-3)10-15(9-13)29-4/h5-10H,1-4H3,(H,23,27). The molecular weight excluding hydrogens is 424 g/mol. The summed E-state index contributed by atoms with van der Waals surface area (Å²) in [6, 6.07) is 10.6. The molecule has 4 aromatic rings. The number of aryl methyl sites for hydroxylation is 2. The number of aromatic nitrogens is 3. The van der Waals surface area contributed by atoms with Gasteiger partial charge in [0.05, 0.1) is 35.2 Å². The molecule has 0 spiro atoms. The number of ether oxygens (including phenoxy) is 2. The van der Waals surface area contributed by atoms with Crippen molar-refractivity contribution >= 4 is 44.9 Å². The molecule has 7 nitrogen and oxygen atoms in total. The van der Waals surface area contributed by atoms with Crippen molar-refractivity contribution < 1.29 is 14.3 Å². The van der Waals surface area contributed by atoms with Gasteiger partial charge >= 0.3 is 0 Å².